The number of rotatable bonds is 8. The smallest absolute Gasteiger partial charge is 0.220 e. The summed E-state index contributed by atoms with van der Waals surface area (Å²) in [6, 6.07) is 4.22. The number of piperidine rings is 1. The summed E-state index contributed by atoms with van der Waals surface area (Å²) in [6.07, 6.45) is 6.50. The van der Waals surface area contributed by atoms with Gasteiger partial charge in [-0.15, -0.1) is 11.3 Å². The van der Waals surface area contributed by atoms with Gasteiger partial charge in [-0.3, -0.25) is 9.69 Å². The van der Waals surface area contributed by atoms with Crippen molar-refractivity contribution in [2.75, 3.05) is 19.6 Å². The molecule has 1 fully saturated rings. The van der Waals surface area contributed by atoms with E-state index in [-0.39, 0.29) is 11.4 Å². The van der Waals surface area contributed by atoms with Crippen LogP contribution in [0.3, 0.4) is 0 Å². The molecule has 1 unspecified atom stereocenters. The van der Waals surface area contributed by atoms with Gasteiger partial charge in [-0.2, -0.15) is 0 Å². The summed E-state index contributed by atoms with van der Waals surface area (Å²) >= 11 is 1.77. The van der Waals surface area contributed by atoms with Crippen molar-refractivity contribution < 1.29 is 4.79 Å². The second kappa shape index (κ2) is 8.84. The zero-order valence-corrected chi connectivity index (χ0v) is 15.8. The van der Waals surface area contributed by atoms with Crippen molar-refractivity contribution in [3.8, 4) is 0 Å². The number of nitrogens with one attached hydrogen (secondary N) is 1. The van der Waals surface area contributed by atoms with Crippen LogP contribution in [0.15, 0.2) is 17.5 Å². The van der Waals surface area contributed by atoms with E-state index >= 15 is 0 Å². The second-order valence-corrected chi connectivity index (χ2v) is 8.42. The number of hydrogen-bond acceptors (Lipinski definition) is 3. The molecule has 2 heterocycles. The maximum absolute atomic E-state index is 12.1. The molecule has 1 amide bonds. The van der Waals surface area contributed by atoms with E-state index in [2.05, 4.69) is 48.5 Å². The Morgan fingerprint density at radius 1 is 1.48 bits per heavy atom. The third-order valence-electron chi connectivity index (χ3n) is 5.08. The summed E-state index contributed by atoms with van der Waals surface area (Å²) in [5.41, 5.74) is 0.0528. The molecule has 4 heteroatoms. The van der Waals surface area contributed by atoms with Gasteiger partial charge in [-0.25, -0.2) is 0 Å². The normalized spacial score (nSPS) is 19.7. The largest absolute Gasteiger partial charge is 0.354 e. The highest BCUT2D eigenvalue weighted by Gasteiger charge is 2.31. The minimum atomic E-state index is 0.0528. The van der Waals surface area contributed by atoms with Gasteiger partial charge in [-0.05, 0) is 63.4 Å². The highest BCUT2D eigenvalue weighted by atomic mass is 32.1. The summed E-state index contributed by atoms with van der Waals surface area (Å²) in [6.45, 7) is 9.90. The first kappa shape index (κ1) is 18.5. The van der Waals surface area contributed by atoms with Crippen LogP contribution >= 0.6 is 11.3 Å². The number of likely N-dealkylation sites (tertiary alicyclic amines) is 1. The van der Waals surface area contributed by atoms with Crippen LogP contribution in [0, 0.1) is 5.92 Å². The Labute approximate surface area is 145 Å². The molecule has 1 aromatic rings. The van der Waals surface area contributed by atoms with Gasteiger partial charge in [-0.1, -0.05) is 19.4 Å². The minimum Gasteiger partial charge on any atom is -0.354 e. The summed E-state index contributed by atoms with van der Waals surface area (Å²) in [4.78, 5) is 16.0. The number of carbonyl (C=O) groups excluding carboxylic acids is 1. The molecule has 23 heavy (non-hydrogen) atoms. The first-order valence-corrected chi connectivity index (χ1v) is 9.93. The Morgan fingerprint density at radius 2 is 2.30 bits per heavy atom. The Kier molecular flexibility index (Phi) is 7.09. The fourth-order valence-corrected chi connectivity index (χ4v) is 4.09. The average molecular weight is 337 g/mol. The summed E-state index contributed by atoms with van der Waals surface area (Å²) in [5.74, 6) is 1.02. The van der Waals surface area contributed by atoms with E-state index in [0.717, 1.165) is 31.8 Å². The molecule has 1 saturated heterocycles. The predicted molar refractivity (Wildman–Crippen MR) is 98.9 cm³/mol. The molecule has 0 aromatic carbocycles. The average Bonchev–Trinajstić information content (AvgIpc) is 3.06. The van der Waals surface area contributed by atoms with Crippen molar-refractivity contribution in [3.05, 3.63) is 22.4 Å². The summed E-state index contributed by atoms with van der Waals surface area (Å²) < 4.78 is 0. The lowest BCUT2D eigenvalue weighted by Crippen LogP contribution is -2.54. The van der Waals surface area contributed by atoms with Gasteiger partial charge in [0.05, 0.1) is 0 Å². The van der Waals surface area contributed by atoms with Crippen molar-refractivity contribution in [2.45, 2.75) is 64.8 Å². The molecule has 0 saturated carbocycles. The van der Waals surface area contributed by atoms with E-state index in [1.165, 1.54) is 30.7 Å². The number of aryl methyl sites for hydroxylation is 1. The van der Waals surface area contributed by atoms with Crippen LogP contribution < -0.4 is 5.32 Å². The number of thiophene rings is 1. The monoisotopic (exact) mass is 336 g/mol. The number of amides is 1. The fraction of sp³-hybridized carbons (Fsp3) is 0.737. The molecule has 1 aromatic heterocycles. The molecule has 1 aliphatic rings. The van der Waals surface area contributed by atoms with Gasteiger partial charge in [0.25, 0.3) is 0 Å². The van der Waals surface area contributed by atoms with Gasteiger partial charge in [0.2, 0.25) is 5.91 Å². The van der Waals surface area contributed by atoms with Gasteiger partial charge in [0.15, 0.2) is 0 Å². The van der Waals surface area contributed by atoms with E-state index in [4.69, 9.17) is 0 Å². The van der Waals surface area contributed by atoms with Crippen molar-refractivity contribution in [1.29, 1.82) is 0 Å². The summed E-state index contributed by atoms with van der Waals surface area (Å²) in [5, 5.41) is 5.25. The van der Waals surface area contributed by atoms with Gasteiger partial charge in [0.1, 0.15) is 0 Å². The zero-order chi connectivity index (χ0) is 16.7. The van der Waals surface area contributed by atoms with Crippen LogP contribution in [0.1, 0.15) is 57.8 Å². The fourth-order valence-electron chi connectivity index (χ4n) is 3.34. The predicted octanol–water partition coefficient (Wildman–Crippen LogP) is 4.09. The first-order chi connectivity index (χ1) is 11.0. The van der Waals surface area contributed by atoms with Crippen molar-refractivity contribution in [3.63, 3.8) is 0 Å². The van der Waals surface area contributed by atoms with Crippen LogP contribution in [0.2, 0.25) is 0 Å². The highest BCUT2D eigenvalue weighted by Crippen LogP contribution is 2.25. The number of hydrogen-bond donors (Lipinski definition) is 1. The Morgan fingerprint density at radius 3 is 3.00 bits per heavy atom. The third-order valence-corrected chi connectivity index (χ3v) is 6.01. The topological polar surface area (TPSA) is 32.3 Å². The maximum atomic E-state index is 12.1. The van der Waals surface area contributed by atoms with Crippen molar-refractivity contribution in [1.82, 2.24) is 10.2 Å². The molecule has 0 aliphatic carbocycles. The zero-order valence-electron chi connectivity index (χ0n) is 14.9. The van der Waals surface area contributed by atoms with E-state index in [9.17, 15) is 4.79 Å². The summed E-state index contributed by atoms with van der Waals surface area (Å²) in [7, 11) is 0. The van der Waals surface area contributed by atoms with Gasteiger partial charge in [0, 0.05) is 29.9 Å². The quantitative estimate of drug-likeness (QED) is 0.775. The molecule has 0 bridgehead atoms. The van der Waals surface area contributed by atoms with E-state index in [1.807, 2.05) is 0 Å². The van der Waals surface area contributed by atoms with Gasteiger partial charge >= 0.3 is 0 Å². The first-order valence-electron chi connectivity index (χ1n) is 9.05. The Hall–Kier alpha value is -0.870. The van der Waals surface area contributed by atoms with Crippen LogP contribution in [0.25, 0.3) is 0 Å². The second-order valence-electron chi connectivity index (χ2n) is 7.38. The molecule has 130 valence electrons. The number of nitrogens with zero attached hydrogens (tertiary/aromatic N) is 1. The molecule has 2 rings (SSSR count). The minimum absolute atomic E-state index is 0.0528. The highest BCUT2D eigenvalue weighted by molar-refractivity contribution is 7.09. The third kappa shape index (κ3) is 5.92. The lowest BCUT2D eigenvalue weighted by Gasteiger charge is -2.43. The van der Waals surface area contributed by atoms with Crippen LogP contribution in [0.4, 0.5) is 0 Å². The molecule has 1 aliphatic heterocycles. The van der Waals surface area contributed by atoms with E-state index < -0.39 is 0 Å². The standard InChI is InChI=1S/C19H32N2OS/c1-4-16-8-6-12-21(14-16)19(2,3)15-20-18(22)11-5-9-17-10-7-13-23-17/h7,10,13,16H,4-6,8-9,11-12,14-15H2,1-3H3,(H,20,22). The molecule has 3 nitrogen and oxygen atoms in total. The van der Waals surface area contributed by atoms with Crippen LogP contribution in [0.5, 0.6) is 0 Å². The van der Waals surface area contributed by atoms with Crippen molar-refractivity contribution >= 4 is 17.2 Å². The Balaban J connectivity index is 1.69. The lowest BCUT2D eigenvalue weighted by molar-refractivity contribution is -0.121. The maximum Gasteiger partial charge on any atom is 0.220 e. The number of carbonyl (C=O) groups is 1. The van der Waals surface area contributed by atoms with Crippen LogP contribution in [-0.2, 0) is 11.2 Å². The lowest BCUT2D eigenvalue weighted by atomic mass is 9.91. The molecule has 1 atom stereocenters. The molecular formula is C19H32N2OS. The molecule has 0 radical (unpaired) electrons. The Bertz CT molecular complexity index is 470. The van der Waals surface area contributed by atoms with Gasteiger partial charge < -0.3 is 5.32 Å². The van der Waals surface area contributed by atoms with Crippen LogP contribution in [-0.4, -0.2) is 36.0 Å². The molecule has 1 N–H and O–H groups in total. The molecular weight excluding hydrogens is 304 g/mol. The van der Waals surface area contributed by atoms with Crippen molar-refractivity contribution in [2.24, 2.45) is 5.92 Å². The van der Waals surface area contributed by atoms with E-state index in [1.54, 1.807) is 11.3 Å². The molecule has 0 spiro atoms. The SMILES string of the molecule is CCC1CCCN(C(C)(C)CNC(=O)CCCc2cccs2)C1. The van der Waals surface area contributed by atoms with E-state index in [0.29, 0.717) is 6.42 Å².